The van der Waals surface area contributed by atoms with Crippen LogP contribution in [-0.4, -0.2) is 50.8 Å². The van der Waals surface area contributed by atoms with Crippen LogP contribution in [0.3, 0.4) is 0 Å². The molecule has 0 unspecified atom stereocenters. The summed E-state index contributed by atoms with van der Waals surface area (Å²) in [5, 5.41) is 0. The second kappa shape index (κ2) is 9.27. The highest BCUT2D eigenvalue weighted by Gasteiger charge is 2.26. The Labute approximate surface area is 152 Å². The normalized spacial score (nSPS) is 16.0. The quantitative estimate of drug-likeness (QED) is 0.443. The molecule has 0 aromatic heterocycles. The van der Waals surface area contributed by atoms with Gasteiger partial charge in [-0.25, -0.2) is 8.42 Å². The first-order valence-corrected chi connectivity index (χ1v) is 9.47. The molecule has 1 aliphatic rings. The minimum atomic E-state index is -3.70. The molecule has 2 N–H and O–H groups in total. The number of hydrogen-bond acceptors (Lipinski definition) is 5. The third-order valence-electron chi connectivity index (χ3n) is 3.55. The molecule has 0 aliphatic carbocycles. The van der Waals surface area contributed by atoms with Crippen LogP contribution in [0.25, 0.3) is 0 Å². The van der Waals surface area contributed by atoms with E-state index in [1.807, 2.05) is 6.92 Å². The van der Waals surface area contributed by atoms with E-state index in [0.29, 0.717) is 13.2 Å². The smallest absolute Gasteiger partial charge is 0.269 e. The molecule has 26 heavy (non-hydrogen) atoms. The maximum atomic E-state index is 12.6. The molecule has 1 saturated heterocycles. The summed E-state index contributed by atoms with van der Waals surface area (Å²) < 4.78 is 31.7. The highest BCUT2D eigenvalue weighted by Crippen LogP contribution is 2.18. The van der Waals surface area contributed by atoms with Crippen molar-refractivity contribution in [1.29, 1.82) is 0 Å². The number of amides is 2. The van der Waals surface area contributed by atoms with E-state index >= 15 is 0 Å². The van der Waals surface area contributed by atoms with Gasteiger partial charge in [0.1, 0.15) is 0 Å². The zero-order chi connectivity index (χ0) is 19.0. The first kappa shape index (κ1) is 19.8. The number of morpholine rings is 1. The van der Waals surface area contributed by atoms with Crippen LogP contribution in [0, 0.1) is 0 Å². The Morgan fingerprint density at radius 1 is 1.15 bits per heavy atom. The molecular formula is C17H21N3O5S. The summed E-state index contributed by atoms with van der Waals surface area (Å²) in [5.41, 5.74) is 4.59. The third-order valence-corrected chi connectivity index (χ3v) is 5.45. The van der Waals surface area contributed by atoms with Crippen LogP contribution in [-0.2, 0) is 19.6 Å². The summed E-state index contributed by atoms with van der Waals surface area (Å²) in [4.78, 5) is 23.7. The van der Waals surface area contributed by atoms with Crippen LogP contribution in [0.2, 0.25) is 0 Å². The molecule has 1 aromatic rings. The fourth-order valence-corrected chi connectivity index (χ4v) is 3.67. The summed E-state index contributed by atoms with van der Waals surface area (Å²) in [5.74, 6) is -1.12. The van der Waals surface area contributed by atoms with Gasteiger partial charge in [-0.1, -0.05) is 24.3 Å². The lowest BCUT2D eigenvalue weighted by atomic mass is 10.2. The van der Waals surface area contributed by atoms with Crippen LogP contribution in [0.5, 0.6) is 0 Å². The second-order valence-electron chi connectivity index (χ2n) is 5.37. The van der Waals surface area contributed by atoms with Gasteiger partial charge < -0.3 is 4.74 Å². The van der Waals surface area contributed by atoms with E-state index < -0.39 is 21.8 Å². The van der Waals surface area contributed by atoms with E-state index in [1.54, 1.807) is 12.2 Å². The lowest BCUT2D eigenvalue weighted by molar-refractivity contribution is -0.117. The molecular weight excluding hydrogens is 358 g/mol. The first-order chi connectivity index (χ1) is 12.4. The van der Waals surface area contributed by atoms with E-state index in [9.17, 15) is 18.0 Å². The van der Waals surface area contributed by atoms with Crippen molar-refractivity contribution in [2.45, 2.75) is 11.8 Å². The summed E-state index contributed by atoms with van der Waals surface area (Å²) in [6.07, 6.45) is 6.20. The minimum absolute atomic E-state index is 0.0198. The molecule has 8 nitrogen and oxygen atoms in total. The molecule has 1 aliphatic heterocycles. The van der Waals surface area contributed by atoms with Crippen molar-refractivity contribution in [3.8, 4) is 0 Å². The van der Waals surface area contributed by atoms with Gasteiger partial charge in [-0.2, -0.15) is 4.31 Å². The van der Waals surface area contributed by atoms with Crippen molar-refractivity contribution < 1.29 is 22.7 Å². The van der Waals surface area contributed by atoms with Gasteiger partial charge in [0.25, 0.3) is 11.8 Å². The Kier molecular flexibility index (Phi) is 7.07. The number of ether oxygens (including phenoxy) is 1. The predicted octanol–water partition coefficient (Wildman–Crippen LogP) is 0.601. The SMILES string of the molecule is C/C=C/C=C/C(=O)NNC(=O)c1cccc(S(=O)(=O)N2CCOCC2)c1. The molecule has 0 radical (unpaired) electrons. The number of hydrazine groups is 1. The van der Waals surface area contributed by atoms with Gasteiger partial charge in [0.15, 0.2) is 0 Å². The van der Waals surface area contributed by atoms with Gasteiger partial charge in [0, 0.05) is 24.7 Å². The maximum absolute atomic E-state index is 12.6. The van der Waals surface area contributed by atoms with Crippen LogP contribution in [0.1, 0.15) is 17.3 Å². The number of carbonyl (C=O) groups is 2. The number of nitrogens with one attached hydrogen (secondary N) is 2. The molecule has 1 aromatic carbocycles. The topological polar surface area (TPSA) is 105 Å². The van der Waals surface area contributed by atoms with Crippen molar-refractivity contribution in [1.82, 2.24) is 15.2 Å². The zero-order valence-electron chi connectivity index (χ0n) is 14.3. The van der Waals surface area contributed by atoms with E-state index in [2.05, 4.69) is 10.9 Å². The number of carbonyl (C=O) groups excluding carboxylic acids is 2. The fraction of sp³-hybridized carbons (Fsp3) is 0.294. The number of rotatable bonds is 5. The van der Waals surface area contributed by atoms with E-state index in [0.717, 1.165) is 0 Å². The number of benzene rings is 1. The summed E-state index contributed by atoms with van der Waals surface area (Å²) >= 11 is 0. The van der Waals surface area contributed by atoms with Crippen LogP contribution in [0.15, 0.2) is 53.5 Å². The van der Waals surface area contributed by atoms with Crippen LogP contribution in [0.4, 0.5) is 0 Å². The van der Waals surface area contributed by atoms with Crippen molar-refractivity contribution in [2.75, 3.05) is 26.3 Å². The van der Waals surface area contributed by atoms with Gasteiger partial charge in [-0.3, -0.25) is 20.4 Å². The van der Waals surface area contributed by atoms with E-state index in [-0.39, 0.29) is 23.5 Å². The van der Waals surface area contributed by atoms with Gasteiger partial charge in [0.2, 0.25) is 10.0 Å². The largest absolute Gasteiger partial charge is 0.379 e. The molecule has 0 bridgehead atoms. The molecule has 1 fully saturated rings. The molecule has 140 valence electrons. The van der Waals surface area contributed by atoms with Gasteiger partial charge >= 0.3 is 0 Å². The first-order valence-electron chi connectivity index (χ1n) is 8.03. The van der Waals surface area contributed by atoms with Crippen molar-refractivity contribution in [2.24, 2.45) is 0 Å². The molecule has 0 atom stereocenters. The lowest BCUT2D eigenvalue weighted by Gasteiger charge is -2.26. The standard InChI is InChI=1S/C17H21N3O5S/c1-2-3-4-8-16(21)18-19-17(22)14-6-5-7-15(13-14)26(23,24)20-9-11-25-12-10-20/h2-8,13H,9-12H2,1H3,(H,18,21)(H,19,22)/b3-2+,8-4+. The average molecular weight is 379 g/mol. The molecule has 2 amide bonds. The monoisotopic (exact) mass is 379 g/mol. The second-order valence-corrected chi connectivity index (χ2v) is 7.31. The summed E-state index contributed by atoms with van der Waals surface area (Å²) in [6, 6.07) is 5.66. The van der Waals surface area contributed by atoms with Crippen molar-refractivity contribution in [3.05, 3.63) is 54.1 Å². The number of hydrogen-bond donors (Lipinski definition) is 2. The molecule has 9 heteroatoms. The average Bonchev–Trinajstić information content (AvgIpc) is 2.67. The van der Waals surface area contributed by atoms with Crippen molar-refractivity contribution >= 4 is 21.8 Å². The number of sulfonamides is 1. The van der Waals surface area contributed by atoms with Gasteiger partial charge in [0.05, 0.1) is 18.1 Å². The zero-order valence-corrected chi connectivity index (χ0v) is 15.2. The van der Waals surface area contributed by atoms with Crippen molar-refractivity contribution in [3.63, 3.8) is 0 Å². The van der Waals surface area contributed by atoms with E-state index in [1.165, 1.54) is 40.7 Å². The summed E-state index contributed by atoms with van der Waals surface area (Å²) in [6.45, 7) is 3.03. The Hall–Kier alpha value is -2.49. The van der Waals surface area contributed by atoms with Crippen LogP contribution < -0.4 is 10.9 Å². The Morgan fingerprint density at radius 2 is 1.88 bits per heavy atom. The Bertz CT molecular complexity index is 811. The predicted molar refractivity (Wildman–Crippen MR) is 95.6 cm³/mol. The van der Waals surface area contributed by atoms with Gasteiger partial charge in [-0.05, 0) is 25.1 Å². The molecule has 0 spiro atoms. The highest BCUT2D eigenvalue weighted by atomic mass is 32.2. The van der Waals surface area contributed by atoms with Crippen LogP contribution >= 0.6 is 0 Å². The lowest BCUT2D eigenvalue weighted by Crippen LogP contribution is -2.41. The number of allylic oxidation sites excluding steroid dienone is 3. The summed E-state index contributed by atoms with van der Waals surface area (Å²) in [7, 11) is -3.70. The fourth-order valence-electron chi connectivity index (χ4n) is 2.22. The minimum Gasteiger partial charge on any atom is -0.379 e. The number of nitrogens with zero attached hydrogens (tertiary/aromatic N) is 1. The Balaban J connectivity index is 2.06. The van der Waals surface area contributed by atoms with Gasteiger partial charge in [-0.15, -0.1) is 0 Å². The Morgan fingerprint density at radius 3 is 2.58 bits per heavy atom. The highest BCUT2D eigenvalue weighted by molar-refractivity contribution is 7.89. The maximum Gasteiger partial charge on any atom is 0.269 e. The molecule has 1 heterocycles. The molecule has 0 saturated carbocycles. The van der Waals surface area contributed by atoms with E-state index in [4.69, 9.17) is 4.74 Å². The third kappa shape index (κ3) is 5.25. The molecule has 2 rings (SSSR count).